The van der Waals surface area contributed by atoms with Crippen molar-refractivity contribution in [1.82, 2.24) is 4.98 Å². The molecule has 0 saturated heterocycles. The van der Waals surface area contributed by atoms with Crippen molar-refractivity contribution < 1.29 is 13.2 Å². The third-order valence-corrected chi connectivity index (χ3v) is 2.85. The molecule has 1 rings (SSSR count). The Bertz CT molecular complexity index is 336. The summed E-state index contributed by atoms with van der Waals surface area (Å²) in [6.45, 7) is 3.79. The van der Waals surface area contributed by atoms with Crippen LogP contribution in [-0.4, -0.2) is 10.7 Å². The van der Waals surface area contributed by atoms with Crippen molar-refractivity contribution in [2.24, 2.45) is 0 Å². The zero-order valence-corrected chi connectivity index (χ0v) is 9.37. The van der Waals surface area contributed by atoms with Gasteiger partial charge in [0.25, 0.3) is 0 Å². The highest BCUT2D eigenvalue weighted by Gasteiger charge is 2.31. The molecule has 84 valence electrons. The fourth-order valence-corrected chi connectivity index (χ4v) is 2.06. The number of aryl methyl sites for hydroxylation is 1. The van der Waals surface area contributed by atoms with Crippen LogP contribution in [0.25, 0.3) is 0 Å². The molecule has 1 heterocycles. The molecule has 0 aliphatic heterocycles. The number of hydrogen-bond donors (Lipinski definition) is 0. The summed E-state index contributed by atoms with van der Waals surface area (Å²) in [4.78, 5) is 4.48. The van der Waals surface area contributed by atoms with E-state index in [1.807, 2.05) is 13.8 Å². The second kappa shape index (κ2) is 4.88. The van der Waals surface area contributed by atoms with Gasteiger partial charge in [-0.15, -0.1) is 11.8 Å². The van der Waals surface area contributed by atoms with Crippen LogP contribution in [-0.2, 0) is 12.6 Å². The lowest BCUT2D eigenvalue weighted by atomic mass is 10.2. The SMILES string of the molecule is CCSc1cc(C(F)(F)F)cnc1CC. The van der Waals surface area contributed by atoms with Gasteiger partial charge < -0.3 is 0 Å². The Morgan fingerprint density at radius 2 is 2.00 bits per heavy atom. The molecule has 0 atom stereocenters. The van der Waals surface area contributed by atoms with E-state index in [4.69, 9.17) is 0 Å². The van der Waals surface area contributed by atoms with Crippen LogP contribution >= 0.6 is 11.8 Å². The van der Waals surface area contributed by atoms with Crippen molar-refractivity contribution in [2.45, 2.75) is 31.3 Å². The Labute approximate surface area is 91.1 Å². The number of halogens is 3. The molecule has 0 spiro atoms. The molecule has 0 aliphatic carbocycles. The van der Waals surface area contributed by atoms with Crippen LogP contribution in [0.1, 0.15) is 25.1 Å². The molecular formula is C10H12F3NS. The minimum absolute atomic E-state index is 0.634. The van der Waals surface area contributed by atoms with Gasteiger partial charge in [-0.2, -0.15) is 13.2 Å². The standard InChI is InChI=1S/C10H12F3NS/c1-3-8-9(15-4-2)5-7(6-14-8)10(11,12)13/h5-6H,3-4H2,1-2H3. The summed E-state index contributed by atoms with van der Waals surface area (Å²) in [5.41, 5.74) is 0.0606. The van der Waals surface area contributed by atoms with Gasteiger partial charge in [-0.25, -0.2) is 0 Å². The molecule has 0 aliphatic rings. The minimum atomic E-state index is -4.30. The first-order chi connectivity index (χ1) is 6.99. The van der Waals surface area contributed by atoms with Crippen molar-refractivity contribution in [1.29, 1.82) is 0 Å². The normalized spacial score (nSPS) is 11.8. The van der Waals surface area contributed by atoms with Crippen LogP contribution < -0.4 is 0 Å². The first-order valence-electron chi connectivity index (χ1n) is 4.68. The van der Waals surface area contributed by atoms with Crippen molar-refractivity contribution >= 4 is 11.8 Å². The monoisotopic (exact) mass is 235 g/mol. The molecule has 5 heteroatoms. The Morgan fingerprint density at radius 1 is 1.33 bits per heavy atom. The Balaban J connectivity index is 3.10. The van der Waals surface area contributed by atoms with Crippen LogP contribution in [0, 0.1) is 0 Å². The van der Waals surface area contributed by atoms with Crippen molar-refractivity contribution in [2.75, 3.05) is 5.75 Å². The van der Waals surface area contributed by atoms with Gasteiger partial charge >= 0.3 is 6.18 Å². The average Bonchev–Trinajstić information content (AvgIpc) is 2.17. The van der Waals surface area contributed by atoms with Crippen LogP contribution in [0.2, 0.25) is 0 Å². The first kappa shape index (κ1) is 12.4. The predicted octanol–water partition coefficient (Wildman–Crippen LogP) is 3.77. The van der Waals surface area contributed by atoms with Gasteiger partial charge in [0.15, 0.2) is 0 Å². The lowest BCUT2D eigenvalue weighted by Crippen LogP contribution is -2.07. The molecule has 1 nitrogen and oxygen atoms in total. The Morgan fingerprint density at radius 3 is 2.47 bits per heavy atom. The van der Waals surface area contributed by atoms with E-state index in [1.165, 1.54) is 17.8 Å². The van der Waals surface area contributed by atoms with Crippen LogP contribution in [0.15, 0.2) is 17.2 Å². The maximum absolute atomic E-state index is 12.4. The second-order valence-corrected chi connectivity index (χ2v) is 4.26. The zero-order valence-electron chi connectivity index (χ0n) is 8.56. The molecule has 0 N–H and O–H groups in total. The molecule has 1 aromatic heterocycles. The lowest BCUT2D eigenvalue weighted by Gasteiger charge is -2.10. The van der Waals surface area contributed by atoms with Gasteiger partial charge in [-0.3, -0.25) is 4.98 Å². The van der Waals surface area contributed by atoms with Gasteiger partial charge in [0.2, 0.25) is 0 Å². The molecule has 0 amide bonds. The van der Waals surface area contributed by atoms with E-state index in [9.17, 15) is 13.2 Å². The van der Waals surface area contributed by atoms with Gasteiger partial charge in [0.05, 0.1) is 11.3 Å². The molecule has 0 aromatic carbocycles. The number of thioether (sulfide) groups is 1. The zero-order chi connectivity index (χ0) is 11.5. The van der Waals surface area contributed by atoms with Crippen LogP contribution in [0.3, 0.4) is 0 Å². The summed E-state index contributed by atoms with van der Waals surface area (Å²) < 4.78 is 37.2. The summed E-state index contributed by atoms with van der Waals surface area (Å²) in [7, 11) is 0. The molecule has 15 heavy (non-hydrogen) atoms. The highest BCUT2D eigenvalue weighted by atomic mass is 32.2. The third kappa shape index (κ3) is 3.12. The summed E-state index contributed by atoms with van der Waals surface area (Å²) in [5, 5.41) is 0. The van der Waals surface area contributed by atoms with Gasteiger partial charge in [-0.05, 0) is 18.2 Å². The lowest BCUT2D eigenvalue weighted by molar-refractivity contribution is -0.138. The van der Waals surface area contributed by atoms with Gasteiger partial charge in [-0.1, -0.05) is 13.8 Å². The largest absolute Gasteiger partial charge is 0.417 e. The molecule has 0 saturated carbocycles. The quantitative estimate of drug-likeness (QED) is 0.739. The van der Waals surface area contributed by atoms with E-state index < -0.39 is 11.7 Å². The number of hydrogen-bond acceptors (Lipinski definition) is 2. The van der Waals surface area contributed by atoms with Crippen molar-refractivity contribution in [3.63, 3.8) is 0 Å². The fraction of sp³-hybridized carbons (Fsp3) is 0.500. The maximum Gasteiger partial charge on any atom is 0.417 e. The summed E-state index contributed by atoms with van der Waals surface area (Å²) in [6.07, 6.45) is -2.75. The van der Waals surface area contributed by atoms with E-state index >= 15 is 0 Å². The van der Waals surface area contributed by atoms with E-state index in [0.29, 0.717) is 11.3 Å². The molecule has 0 radical (unpaired) electrons. The molecular weight excluding hydrogens is 223 g/mol. The van der Waals surface area contributed by atoms with E-state index in [0.717, 1.165) is 17.6 Å². The molecule has 0 bridgehead atoms. The topological polar surface area (TPSA) is 12.9 Å². The molecule has 0 fully saturated rings. The number of alkyl halides is 3. The predicted molar refractivity (Wildman–Crippen MR) is 55.0 cm³/mol. The van der Waals surface area contributed by atoms with Gasteiger partial charge in [0.1, 0.15) is 0 Å². The van der Waals surface area contributed by atoms with Crippen LogP contribution in [0.5, 0.6) is 0 Å². The summed E-state index contributed by atoms with van der Waals surface area (Å²) in [5.74, 6) is 0.746. The fourth-order valence-electron chi connectivity index (χ4n) is 1.17. The highest BCUT2D eigenvalue weighted by molar-refractivity contribution is 7.99. The number of rotatable bonds is 3. The van der Waals surface area contributed by atoms with Crippen LogP contribution in [0.4, 0.5) is 13.2 Å². The van der Waals surface area contributed by atoms with Gasteiger partial charge in [0, 0.05) is 11.1 Å². The van der Waals surface area contributed by atoms with Crippen molar-refractivity contribution in [3.8, 4) is 0 Å². The van der Waals surface area contributed by atoms with E-state index in [-0.39, 0.29) is 0 Å². The summed E-state index contributed by atoms with van der Waals surface area (Å²) >= 11 is 1.39. The average molecular weight is 235 g/mol. The number of pyridine rings is 1. The molecule has 0 unspecified atom stereocenters. The smallest absolute Gasteiger partial charge is 0.260 e. The Kier molecular flexibility index (Phi) is 4.02. The Hall–Kier alpha value is -0.710. The third-order valence-electron chi connectivity index (χ3n) is 1.89. The van der Waals surface area contributed by atoms with E-state index in [1.54, 1.807) is 0 Å². The van der Waals surface area contributed by atoms with Crippen molar-refractivity contribution in [3.05, 3.63) is 23.5 Å². The minimum Gasteiger partial charge on any atom is -0.260 e. The molecule has 1 aromatic rings. The number of nitrogens with zero attached hydrogens (tertiary/aromatic N) is 1. The van der Waals surface area contributed by atoms with E-state index in [2.05, 4.69) is 4.98 Å². The highest BCUT2D eigenvalue weighted by Crippen LogP contribution is 2.32. The first-order valence-corrected chi connectivity index (χ1v) is 5.66. The summed E-state index contributed by atoms with van der Waals surface area (Å²) in [6, 6.07) is 1.18. The number of aromatic nitrogens is 1. The maximum atomic E-state index is 12.4. The second-order valence-electron chi connectivity index (χ2n) is 2.95.